The fourth-order valence-electron chi connectivity index (χ4n) is 11.0. The third-order valence-corrected chi connectivity index (χ3v) is 19.1. The number of phosphoric ester groups is 2. The summed E-state index contributed by atoms with van der Waals surface area (Å²) >= 11 is 0. The maximum absolute atomic E-state index is 13.0. The molecule has 0 bridgehead atoms. The van der Waals surface area contributed by atoms with Gasteiger partial charge < -0.3 is 33.8 Å². The predicted octanol–water partition coefficient (Wildman–Crippen LogP) is 20.9. The fourth-order valence-corrected chi connectivity index (χ4v) is 12.6. The van der Waals surface area contributed by atoms with E-state index in [0.29, 0.717) is 25.7 Å². The quantitative estimate of drug-likeness (QED) is 0.0222. The maximum Gasteiger partial charge on any atom is 0.472 e. The Kier molecular flexibility index (Phi) is 61.3. The topological polar surface area (TPSA) is 237 Å². The Bertz CT molecular complexity index is 1820. The van der Waals surface area contributed by atoms with Gasteiger partial charge in [0.25, 0.3) is 0 Å². The zero-order chi connectivity index (χ0) is 68.2. The van der Waals surface area contributed by atoms with Crippen LogP contribution in [0.25, 0.3) is 0 Å². The van der Waals surface area contributed by atoms with Crippen molar-refractivity contribution in [3.8, 4) is 0 Å². The van der Waals surface area contributed by atoms with Gasteiger partial charge in [-0.15, -0.1) is 0 Å². The number of rotatable bonds is 70. The van der Waals surface area contributed by atoms with Gasteiger partial charge in [0.2, 0.25) is 0 Å². The van der Waals surface area contributed by atoms with Crippen LogP contribution in [0.5, 0.6) is 0 Å². The number of ether oxygens (including phenoxy) is 4. The highest BCUT2D eigenvalue weighted by atomic mass is 31.2. The van der Waals surface area contributed by atoms with E-state index >= 15 is 0 Å². The Balaban J connectivity index is 5.22. The average Bonchev–Trinajstić information content (AvgIpc) is 3.72. The molecular formula is C73H142O17P2. The smallest absolute Gasteiger partial charge is 0.462 e. The first kappa shape index (κ1) is 90.1. The number of unbranched alkanes of at least 4 members (excludes halogenated alkanes) is 35. The van der Waals surface area contributed by atoms with E-state index in [2.05, 4.69) is 55.4 Å². The lowest BCUT2D eigenvalue weighted by Crippen LogP contribution is -2.30. The molecule has 3 unspecified atom stereocenters. The molecule has 546 valence electrons. The van der Waals surface area contributed by atoms with Crippen molar-refractivity contribution in [3.05, 3.63) is 0 Å². The molecule has 0 rings (SSSR count). The molecule has 19 heteroatoms. The summed E-state index contributed by atoms with van der Waals surface area (Å²) in [6, 6.07) is 0. The number of hydrogen-bond donors (Lipinski definition) is 3. The first-order valence-corrected chi connectivity index (χ1v) is 40.7. The molecule has 0 aliphatic heterocycles. The van der Waals surface area contributed by atoms with E-state index in [1.165, 1.54) is 161 Å². The van der Waals surface area contributed by atoms with Gasteiger partial charge in [0.1, 0.15) is 19.3 Å². The minimum atomic E-state index is -4.95. The molecule has 0 aliphatic rings. The standard InChI is InChI=1S/C73H142O17P2/c1-9-66(8)52-44-36-31-32-38-46-54-71(76)84-60-69(90-73(78)56-48-40-30-24-18-21-27-35-43-51-65(6)7)62-88-92(81,82)86-58-67(74)57-85-91(79,80)87-61-68(89-72(77)55-47-39-29-23-17-20-26-34-42-50-64(4)5)59-83-70(75)53-45-37-28-22-16-14-12-10-11-13-15-19-25-33-41-49-63(2)3/h63-69,74H,9-62H2,1-8H3,(H,79,80)(H,81,82)/t66?,67-,68-,69-/m1/s1. The van der Waals surface area contributed by atoms with Crippen LogP contribution in [0.4, 0.5) is 0 Å². The highest BCUT2D eigenvalue weighted by Crippen LogP contribution is 2.45. The summed E-state index contributed by atoms with van der Waals surface area (Å²) in [5.41, 5.74) is 0. The zero-order valence-corrected chi connectivity index (χ0v) is 62.0. The Hall–Kier alpha value is -1.94. The first-order chi connectivity index (χ1) is 44.1. The highest BCUT2D eigenvalue weighted by Gasteiger charge is 2.30. The number of hydrogen-bond acceptors (Lipinski definition) is 15. The van der Waals surface area contributed by atoms with E-state index in [-0.39, 0.29) is 25.7 Å². The molecule has 17 nitrogen and oxygen atoms in total. The lowest BCUT2D eigenvalue weighted by Gasteiger charge is -2.21. The van der Waals surface area contributed by atoms with Gasteiger partial charge in [0, 0.05) is 25.7 Å². The Morgan fingerprint density at radius 3 is 0.772 bits per heavy atom. The third kappa shape index (κ3) is 65.4. The molecule has 0 spiro atoms. The average molecular weight is 1350 g/mol. The molecule has 0 fully saturated rings. The second-order valence-electron chi connectivity index (χ2n) is 28.0. The van der Waals surface area contributed by atoms with Gasteiger partial charge in [-0.2, -0.15) is 0 Å². The molecule has 0 saturated heterocycles. The van der Waals surface area contributed by atoms with E-state index in [1.807, 2.05) is 0 Å². The van der Waals surface area contributed by atoms with E-state index < -0.39 is 97.5 Å². The monoisotopic (exact) mass is 1350 g/mol. The van der Waals surface area contributed by atoms with E-state index in [4.69, 9.17) is 37.0 Å². The van der Waals surface area contributed by atoms with Crippen LogP contribution >= 0.6 is 15.6 Å². The second-order valence-corrected chi connectivity index (χ2v) is 30.9. The van der Waals surface area contributed by atoms with Crippen molar-refractivity contribution in [2.75, 3.05) is 39.6 Å². The minimum absolute atomic E-state index is 0.104. The molecule has 92 heavy (non-hydrogen) atoms. The summed E-state index contributed by atoms with van der Waals surface area (Å²) < 4.78 is 68.4. The van der Waals surface area contributed by atoms with Gasteiger partial charge in [0.05, 0.1) is 26.4 Å². The number of carbonyl (C=O) groups excluding carboxylic acids is 4. The molecule has 0 amide bonds. The normalized spacial score (nSPS) is 14.5. The number of aliphatic hydroxyl groups is 1. The van der Waals surface area contributed by atoms with Crippen LogP contribution in [-0.2, 0) is 65.4 Å². The lowest BCUT2D eigenvalue weighted by atomic mass is 10.00. The molecule has 0 aliphatic carbocycles. The fraction of sp³-hybridized carbons (Fsp3) is 0.945. The van der Waals surface area contributed by atoms with E-state index in [0.717, 1.165) is 120 Å². The number of aliphatic hydroxyl groups excluding tert-OH is 1. The van der Waals surface area contributed by atoms with Crippen molar-refractivity contribution in [1.82, 2.24) is 0 Å². The number of carbonyl (C=O) groups is 4. The summed E-state index contributed by atoms with van der Waals surface area (Å²) in [6.45, 7) is 14.1. The number of phosphoric acid groups is 2. The molecule has 0 aromatic carbocycles. The maximum atomic E-state index is 13.0. The molecule has 0 radical (unpaired) electrons. The molecule has 0 saturated carbocycles. The number of esters is 4. The predicted molar refractivity (Wildman–Crippen MR) is 372 cm³/mol. The van der Waals surface area contributed by atoms with Crippen LogP contribution in [0.3, 0.4) is 0 Å². The first-order valence-electron chi connectivity index (χ1n) is 37.7. The Morgan fingerprint density at radius 1 is 0.304 bits per heavy atom. The summed E-state index contributed by atoms with van der Waals surface area (Å²) in [6.07, 6.45) is 45.9. The molecule has 6 atom stereocenters. The van der Waals surface area contributed by atoms with Gasteiger partial charge in [0.15, 0.2) is 12.2 Å². The largest absolute Gasteiger partial charge is 0.472 e. The van der Waals surface area contributed by atoms with Crippen molar-refractivity contribution in [1.29, 1.82) is 0 Å². The Labute approximate surface area is 562 Å². The molecular weight excluding hydrogens is 1210 g/mol. The molecule has 0 heterocycles. The zero-order valence-electron chi connectivity index (χ0n) is 60.2. The SMILES string of the molecule is CCC(C)CCCCCCCCC(=O)OC[C@H](COP(=O)(O)OC[C@H](O)COP(=O)(O)OC[C@@H](COC(=O)CCCCCCCCCCCCCCCCCC(C)C)OC(=O)CCCCCCCCCCCC(C)C)OC(=O)CCCCCCCCCCCC(C)C. The van der Waals surface area contributed by atoms with Crippen LogP contribution in [0.2, 0.25) is 0 Å². The lowest BCUT2D eigenvalue weighted by molar-refractivity contribution is -0.161. The summed E-state index contributed by atoms with van der Waals surface area (Å²) in [4.78, 5) is 72.6. The van der Waals surface area contributed by atoms with Crippen molar-refractivity contribution >= 4 is 39.5 Å². The molecule has 0 aromatic rings. The Morgan fingerprint density at radius 2 is 0.522 bits per heavy atom. The van der Waals surface area contributed by atoms with Crippen molar-refractivity contribution < 1.29 is 80.2 Å². The van der Waals surface area contributed by atoms with Crippen molar-refractivity contribution in [3.63, 3.8) is 0 Å². The summed E-state index contributed by atoms with van der Waals surface area (Å²) in [7, 11) is -9.91. The van der Waals surface area contributed by atoms with Crippen LogP contribution in [0, 0.1) is 23.7 Å². The van der Waals surface area contributed by atoms with Gasteiger partial charge in [-0.1, -0.05) is 312 Å². The van der Waals surface area contributed by atoms with E-state index in [1.54, 1.807) is 0 Å². The van der Waals surface area contributed by atoms with Gasteiger partial charge >= 0.3 is 39.5 Å². The van der Waals surface area contributed by atoms with Crippen molar-refractivity contribution in [2.45, 2.75) is 382 Å². The van der Waals surface area contributed by atoms with Gasteiger partial charge in [-0.3, -0.25) is 37.3 Å². The molecule has 3 N–H and O–H groups in total. The molecule has 0 aromatic heterocycles. The highest BCUT2D eigenvalue weighted by molar-refractivity contribution is 7.47. The van der Waals surface area contributed by atoms with Gasteiger partial charge in [-0.25, -0.2) is 9.13 Å². The van der Waals surface area contributed by atoms with Crippen LogP contribution in [0.1, 0.15) is 364 Å². The van der Waals surface area contributed by atoms with Crippen molar-refractivity contribution in [2.24, 2.45) is 23.7 Å². The van der Waals surface area contributed by atoms with Gasteiger partial charge in [-0.05, 0) is 49.4 Å². The van der Waals surface area contributed by atoms with Crippen LogP contribution < -0.4 is 0 Å². The summed E-state index contributed by atoms with van der Waals surface area (Å²) in [5, 5.41) is 10.6. The third-order valence-electron chi connectivity index (χ3n) is 17.2. The summed E-state index contributed by atoms with van der Waals surface area (Å²) in [5.74, 6) is 0.883. The van der Waals surface area contributed by atoms with Crippen LogP contribution in [-0.4, -0.2) is 96.7 Å². The van der Waals surface area contributed by atoms with Crippen LogP contribution in [0.15, 0.2) is 0 Å². The second kappa shape index (κ2) is 62.6. The minimum Gasteiger partial charge on any atom is -0.462 e. The van der Waals surface area contributed by atoms with E-state index in [9.17, 15) is 43.2 Å².